The fourth-order valence-corrected chi connectivity index (χ4v) is 4.81. The molecule has 1 unspecified atom stereocenters. The number of carbonyl (C=O) groups is 2. The molecule has 1 atom stereocenters. The van der Waals surface area contributed by atoms with E-state index in [0.717, 1.165) is 36.2 Å². The standard InChI is InChI=1S/C29H30N4O3/c1-20-11-12-22(17-24(20)31-29(36)26-18-30-28-10-4-5-16-33(26)28)27(35)14-13-21-7-2-3-9-25(21)32-15-6-8-23(34)19-32/h2-5,7,9-12,16-18,23,34H,6,8,13-15,19H2,1H3,(H,31,36). The molecule has 2 N–H and O–H groups in total. The van der Waals surface area contributed by atoms with Gasteiger partial charge in [0.15, 0.2) is 5.78 Å². The van der Waals surface area contributed by atoms with Gasteiger partial charge in [-0.15, -0.1) is 0 Å². The molecule has 0 spiro atoms. The number of pyridine rings is 1. The summed E-state index contributed by atoms with van der Waals surface area (Å²) in [6.07, 6.45) is 5.80. The number of aryl methyl sites for hydroxylation is 2. The summed E-state index contributed by atoms with van der Waals surface area (Å²) in [4.78, 5) is 32.6. The lowest BCUT2D eigenvalue weighted by Crippen LogP contribution is -2.38. The van der Waals surface area contributed by atoms with E-state index < -0.39 is 0 Å². The molecule has 5 rings (SSSR count). The van der Waals surface area contributed by atoms with Gasteiger partial charge in [0.05, 0.1) is 12.3 Å². The quantitative estimate of drug-likeness (QED) is 0.374. The third-order valence-corrected chi connectivity index (χ3v) is 6.81. The minimum atomic E-state index is -0.310. The van der Waals surface area contributed by atoms with Gasteiger partial charge in [0.2, 0.25) is 0 Å². The molecule has 1 amide bonds. The van der Waals surface area contributed by atoms with Crippen LogP contribution in [0.4, 0.5) is 11.4 Å². The van der Waals surface area contributed by atoms with Crippen LogP contribution in [-0.2, 0) is 6.42 Å². The Balaban J connectivity index is 1.29. The number of piperidine rings is 1. The number of rotatable bonds is 7. The van der Waals surface area contributed by atoms with Crippen LogP contribution in [0, 0.1) is 6.92 Å². The molecular formula is C29H30N4O3. The number of benzene rings is 2. The van der Waals surface area contributed by atoms with Crippen molar-refractivity contribution in [2.75, 3.05) is 23.3 Å². The second-order valence-corrected chi connectivity index (χ2v) is 9.35. The number of ketones is 1. The summed E-state index contributed by atoms with van der Waals surface area (Å²) in [7, 11) is 0. The van der Waals surface area contributed by atoms with Crippen LogP contribution in [0.2, 0.25) is 0 Å². The summed E-state index contributed by atoms with van der Waals surface area (Å²) in [6, 6.07) is 19.1. The molecule has 1 saturated heterocycles. The molecule has 2 aromatic heterocycles. The summed E-state index contributed by atoms with van der Waals surface area (Å²) >= 11 is 0. The smallest absolute Gasteiger partial charge is 0.274 e. The van der Waals surface area contributed by atoms with Crippen LogP contribution >= 0.6 is 0 Å². The lowest BCUT2D eigenvalue weighted by Gasteiger charge is -2.33. The Morgan fingerprint density at radius 2 is 1.94 bits per heavy atom. The highest BCUT2D eigenvalue weighted by Gasteiger charge is 2.20. The van der Waals surface area contributed by atoms with Crippen molar-refractivity contribution in [3.63, 3.8) is 0 Å². The van der Waals surface area contributed by atoms with E-state index in [1.807, 2.05) is 49.4 Å². The number of aliphatic hydroxyl groups excluding tert-OH is 1. The first-order valence-electron chi connectivity index (χ1n) is 12.4. The van der Waals surface area contributed by atoms with Crippen molar-refractivity contribution < 1.29 is 14.7 Å². The highest BCUT2D eigenvalue weighted by Crippen LogP contribution is 2.26. The largest absolute Gasteiger partial charge is 0.391 e. The summed E-state index contributed by atoms with van der Waals surface area (Å²) < 4.78 is 1.73. The lowest BCUT2D eigenvalue weighted by atomic mass is 9.98. The highest BCUT2D eigenvalue weighted by atomic mass is 16.3. The average Bonchev–Trinajstić information content (AvgIpc) is 3.33. The number of imidazole rings is 1. The van der Waals surface area contributed by atoms with Gasteiger partial charge in [-0.2, -0.15) is 0 Å². The van der Waals surface area contributed by atoms with E-state index >= 15 is 0 Å². The van der Waals surface area contributed by atoms with Crippen molar-refractivity contribution in [2.24, 2.45) is 0 Å². The van der Waals surface area contributed by atoms with Crippen LogP contribution < -0.4 is 10.2 Å². The van der Waals surface area contributed by atoms with Crippen molar-refractivity contribution in [3.8, 4) is 0 Å². The molecule has 2 aromatic carbocycles. The first kappa shape index (κ1) is 23.8. The van der Waals surface area contributed by atoms with Crippen LogP contribution in [-0.4, -0.2) is 45.4 Å². The summed E-state index contributed by atoms with van der Waals surface area (Å²) in [5.41, 5.74) is 5.38. The molecule has 1 aliphatic heterocycles. The third kappa shape index (κ3) is 5.02. The number of nitrogens with one attached hydrogen (secondary N) is 1. The normalized spacial score (nSPS) is 15.7. The number of amides is 1. The topological polar surface area (TPSA) is 86.9 Å². The molecule has 0 radical (unpaired) electrons. The number of carbonyl (C=O) groups excluding carboxylic acids is 2. The second kappa shape index (κ2) is 10.3. The average molecular weight is 483 g/mol. The van der Waals surface area contributed by atoms with Crippen LogP contribution in [0.25, 0.3) is 5.65 Å². The Bertz CT molecular complexity index is 1410. The number of anilines is 2. The van der Waals surface area contributed by atoms with Crippen LogP contribution in [0.15, 0.2) is 73.1 Å². The van der Waals surface area contributed by atoms with Gasteiger partial charge in [-0.3, -0.25) is 14.0 Å². The van der Waals surface area contributed by atoms with Gasteiger partial charge >= 0.3 is 0 Å². The van der Waals surface area contributed by atoms with Crippen LogP contribution in [0.3, 0.4) is 0 Å². The molecule has 184 valence electrons. The van der Waals surface area contributed by atoms with Gasteiger partial charge in [-0.1, -0.05) is 36.4 Å². The second-order valence-electron chi connectivity index (χ2n) is 9.35. The summed E-state index contributed by atoms with van der Waals surface area (Å²) in [5.74, 6) is -0.257. The van der Waals surface area contributed by atoms with Gasteiger partial charge in [0, 0.05) is 42.6 Å². The van der Waals surface area contributed by atoms with E-state index in [0.29, 0.717) is 42.0 Å². The Morgan fingerprint density at radius 3 is 2.81 bits per heavy atom. The zero-order valence-corrected chi connectivity index (χ0v) is 20.4. The number of fused-ring (bicyclic) bond motifs is 1. The molecule has 1 fully saturated rings. The first-order chi connectivity index (χ1) is 17.5. The number of Topliss-reactive ketones (excluding diaryl/α,β-unsaturated/α-hetero) is 1. The maximum absolute atomic E-state index is 13.1. The summed E-state index contributed by atoms with van der Waals surface area (Å²) in [6.45, 7) is 3.44. The van der Waals surface area contributed by atoms with E-state index in [1.165, 1.54) is 0 Å². The number of nitrogens with zero attached hydrogens (tertiary/aromatic N) is 3. The fraction of sp³-hybridized carbons (Fsp3) is 0.276. The predicted molar refractivity (Wildman–Crippen MR) is 141 cm³/mol. The van der Waals surface area contributed by atoms with Crippen molar-refractivity contribution in [2.45, 2.75) is 38.7 Å². The third-order valence-electron chi connectivity index (χ3n) is 6.81. The van der Waals surface area contributed by atoms with Gasteiger partial charge < -0.3 is 15.3 Å². The van der Waals surface area contributed by atoms with Crippen molar-refractivity contribution in [1.82, 2.24) is 9.38 Å². The lowest BCUT2D eigenvalue weighted by molar-refractivity contribution is 0.0980. The highest BCUT2D eigenvalue weighted by molar-refractivity contribution is 6.05. The Labute approximate surface area is 210 Å². The molecule has 0 saturated carbocycles. The van der Waals surface area contributed by atoms with Crippen molar-refractivity contribution in [3.05, 3.63) is 95.4 Å². The maximum atomic E-state index is 13.1. The van der Waals surface area contributed by atoms with Crippen molar-refractivity contribution >= 4 is 28.7 Å². The molecule has 7 heteroatoms. The Morgan fingerprint density at radius 1 is 1.11 bits per heavy atom. The minimum absolute atomic E-state index is 0.0220. The number of aromatic nitrogens is 2. The number of hydrogen-bond acceptors (Lipinski definition) is 5. The number of hydrogen-bond donors (Lipinski definition) is 2. The molecule has 7 nitrogen and oxygen atoms in total. The van der Waals surface area contributed by atoms with Crippen LogP contribution in [0.5, 0.6) is 0 Å². The van der Waals surface area contributed by atoms with Crippen LogP contribution in [0.1, 0.15) is 51.2 Å². The molecule has 3 heterocycles. The minimum Gasteiger partial charge on any atom is -0.391 e. The fourth-order valence-electron chi connectivity index (χ4n) is 4.81. The van der Waals surface area contributed by atoms with Gasteiger partial charge in [-0.05, 0) is 61.6 Å². The van der Waals surface area contributed by atoms with Gasteiger partial charge in [0.1, 0.15) is 11.3 Å². The number of aliphatic hydroxyl groups is 1. The molecular weight excluding hydrogens is 452 g/mol. The number of β-amino-alcohol motifs (C(OH)–C–C–N with tert-alkyl or cyclic N) is 1. The molecule has 4 aromatic rings. The van der Waals surface area contributed by atoms with Gasteiger partial charge in [-0.25, -0.2) is 4.98 Å². The SMILES string of the molecule is Cc1ccc(C(=O)CCc2ccccc2N2CCCC(O)C2)cc1NC(=O)c1cnc2ccccn12. The van der Waals surface area contributed by atoms with Gasteiger partial charge in [0.25, 0.3) is 5.91 Å². The molecule has 0 bridgehead atoms. The Hall–Kier alpha value is -3.97. The predicted octanol–water partition coefficient (Wildman–Crippen LogP) is 4.67. The number of para-hydroxylation sites is 1. The monoisotopic (exact) mass is 482 g/mol. The van der Waals surface area contributed by atoms with E-state index in [4.69, 9.17) is 0 Å². The molecule has 0 aliphatic carbocycles. The van der Waals surface area contributed by atoms with E-state index in [1.54, 1.807) is 22.9 Å². The van der Waals surface area contributed by atoms with E-state index in [2.05, 4.69) is 27.3 Å². The van der Waals surface area contributed by atoms with Crippen molar-refractivity contribution in [1.29, 1.82) is 0 Å². The van der Waals surface area contributed by atoms with E-state index in [9.17, 15) is 14.7 Å². The zero-order chi connectivity index (χ0) is 25.1. The zero-order valence-electron chi connectivity index (χ0n) is 20.4. The Kier molecular flexibility index (Phi) is 6.82. The van der Waals surface area contributed by atoms with E-state index in [-0.39, 0.29) is 17.8 Å². The molecule has 36 heavy (non-hydrogen) atoms. The molecule has 1 aliphatic rings. The summed E-state index contributed by atoms with van der Waals surface area (Å²) in [5, 5.41) is 13.0. The first-order valence-corrected chi connectivity index (χ1v) is 12.4. The maximum Gasteiger partial charge on any atom is 0.274 e.